The van der Waals surface area contributed by atoms with E-state index in [0.29, 0.717) is 13.1 Å². The number of nitrogens with one attached hydrogen (secondary N) is 1. The van der Waals surface area contributed by atoms with Crippen LogP contribution in [0.5, 0.6) is 0 Å². The van der Waals surface area contributed by atoms with E-state index in [4.69, 9.17) is 4.74 Å². The zero-order chi connectivity index (χ0) is 20.2. The summed E-state index contributed by atoms with van der Waals surface area (Å²) in [6.45, 7) is 4.89. The van der Waals surface area contributed by atoms with Gasteiger partial charge in [0.1, 0.15) is 5.60 Å². The number of ether oxygens (including phenoxy) is 1. The van der Waals surface area contributed by atoms with Crippen LogP contribution in [-0.4, -0.2) is 50.6 Å². The number of hydrogen-bond donors (Lipinski definition) is 1. The molecule has 5 rings (SSSR count). The zero-order valence-corrected chi connectivity index (χ0v) is 16.5. The molecule has 1 spiro atoms. The normalized spacial score (nSPS) is 29.7. The number of benzene rings is 1. The molecule has 0 radical (unpaired) electrons. The van der Waals surface area contributed by atoms with Gasteiger partial charge in [0.05, 0.1) is 36.5 Å². The van der Waals surface area contributed by atoms with E-state index in [2.05, 4.69) is 10.3 Å². The van der Waals surface area contributed by atoms with Crippen LogP contribution >= 0.6 is 0 Å². The van der Waals surface area contributed by atoms with Crippen molar-refractivity contribution >= 4 is 11.8 Å². The summed E-state index contributed by atoms with van der Waals surface area (Å²) in [6, 6.07) is 7.96. The molecule has 150 valence electrons. The van der Waals surface area contributed by atoms with Crippen molar-refractivity contribution in [2.75, 3.05) is 6.54 Å². The minimum atomic E-state index is -0.650. The van der Waals surface area contributed by atoms with Crippen molar-refractivity contribution in [3.05, 3.63) is 60.7 Å². The van der Waals surface area contributed by atoms with Crippen LogP contribution in [0.4, 0.5) is 0 Å². The molecule has 0 saturated carbocycles. The molecule has 2 fully saturated rings. The first-order valence-corrected chi connectivity index (χ1v) is 10.0. The van der Waals surface area contributed by atoms with Gasteiger partial charge in [0.2, 0.25) is 11.8 Å². The summed E-state index contributed by atoms with van der Waals surface area (Å²) in [4.78, 5) is 32.1. The number of imidazole rings is 1. The third-order valence-electron chi connectivity index (χ3n) is 6.28. The Morgan fingerprint density at radius 3 is 2.97 bits per heavy atom. The molecule has 2 aromatic rings. The first-order chi connectivity index (χ1) is 14.0. The smallest absolute Gasteiger partial charge is 0.230 e. The predicted molar refractivity (Wildman–Crippen MR) is 106 cm³/mol. The highest BCUT2D eigenvalue weighted by Gasteiger charge is 2.66. The molecular weight excluding hydrogens is 368 g/mol. The van der Waals surface area contributed by atoms with Crippen molar-refractivity contribution < 1.29 is 14.3 Å². The van der Waals surface area contributed by atoms with Crippen LogP contribution in [0, 0.1) is 11.8 Å². The highest BCUT2D eigenvalue weighted by atomic mass is 16.5. The second-order valence-electron chi connectivity index (χ2n) is 8.28. The minimum Gasteiger partial charge on any atom is -0.360 e. The Kier molecular flexibility index (Phi) is 4.10. The lowest BCUT2D eigenvalue weighted by Gasteiger charge is -2.24. The number of hydrogen-bond acceptors (Lipinski definition) is 4. The lowest BCUT2D eigenvalue weighted by molar-refractivity contribution is -0.138. The Labute approximate surface area is 169 Å². The fourth-order valence-corrected chi connectivity index (χ4v) is 4.88. The number of amides is 2. The summed E-state index contributed by atoms with van der Waals surface area (Å²) in [6.07, 6.45) is 8.92. The molecular formula is C22H24N4O3. The summed E-state index contributed by atoms with van der Waals surface area (Å²) in [5.41, 5.74) is 1.30. The maximum absolute atomic E-state index is 13.2. The number of nitrogens with zero attached hydrogens (tertiary/aromatic N) is 3. The topological polar surface area (TPSA) is 76.5 Å². The van der Waals surface area contributed by atoms with Crippen molar-refractivity contribution in [1.29, 1.82) is 0 Å². The maximum Gasteiger partial charge on any atom is 0.230 e. The lowest BCUT2D eigenvalue weighted by Crippen LogP contribution is -2.44. The van der Waals surface area contributed by atoms with E-state index in [1.165, 1.54) is 0 Å². The predicted octanol–water partition coefficient (Wildman–Crippen LogP) is 1.68. The van der Waals surface area contributed by atoms with Gasteiger partial charge in [0.25, 0.3) is 0 Å². The molecule has 1 aromatic carbocycles. The summed E-state index contributed by atoms with van der Waals surface area (Å²) >= 11 is 0. The number of carbonyl (C=O) groups excluding carboxylic acids is 2. The molecule has 2 amide bonds. The Hall–Kier alpha value is -2.93. The van der Waals surface area contributed by atoms with Gasteiger partial charge < -0.3 is 19.5 Å². The summed E-state index contributed by atoms with van der Waals surface area (Å²) < 4.78 is 8.07. The number of carbonyl (C=O) groups is 2. The molecule has 7 nitrogen and oxygen atoms in total. The van der Waals surface area contributed by atoms with Crippen LogP contribution in [0.1, 0.15) is 19.4 Å². The van der Waals surface area contributed by atoms with Gasteiger partial charge in [-0.3, -0.25) is 9.59 Å². The van der Waals surface area contributed by atoms with E-state index >= 15 is 0 Å². The molecule has 2 saturated heterocycles. The number of para-hydroxylation sites is 1. The fourth-order valence-electron chi connectivity index (χ4n) is 4.88. The Morgan fingerprint density at radius 1 is 1.38 bits per heavy atom. The van der Waals surface area contributed by atoms with E-state index in [-0.39, 0.29) is 24.0 Å². The first-order valence-electron chi connectivity index (χ1n) is 10.0. The van der Waals surface area contributed by atoms with E-state index in [1.807, 2.05) is 65.9 Å². The molecule has 7 heteroatoms. The molecule has 4 atom stereocenters. The Morgan fingerprint density at radius 2 is 2.21 bits per heavy atom. The van der Waals surface area contributed by atoms with Crippen LogP contribution in [0.25, 0.3) is 5.69 Å². The number of likely N-dealkylation sites (tertiary alicyclic amines) is 1. The highest BCUT2D eigenvalue weighted by Crippen LogP contribution is 2.52. The third-order valence-corrected chi connectivity index (χ3v) is 6.28. The SMILES string of the molecule is CC(C)N1C[C@]23C=C[C@H](O2)[C@H](C(=O)NCc2ccccc2-n2ccnc2)[C@@H]3C1=O. The summed E-state index contributed by atoms with van der Waals surface area (Å²) in [5.74, 6) is -1.04. The van der Waals surface area contributed by atoms with Crippen molar-refractivity contribution in [2.24, 2.45) is 11.8 Å². The Bertz CT molecular complexity index is 984. The molecule has 0 aliphatic carbocycles. The van der Waals surface area contributed by atoms with Gasteiger partial charge in [-0.25, -0.2) is 4.98 Å². The number of rotatable bonds is 5. The van der Waals surface area contributed by atoms with E-state index < -0.39 is 17.4 Å². The standard InChI is InChI=1S/C22H24N4O3/c1-14(2)26-12-22-8-7-17(29-22)18(19(22)21(26)28)20(27)24-11-15-5-3-4-6-16(15)25-10-9-23-13-25/h3-10,13-14,17-19H,11-12H2,1-2H3,(H,24,27)/t17-,18-,19+,22-/m0/s1. The zero-order valence-electron chi connectivity index (χ0n) is 16.5. The highest BCUT2D eigenvalue weighted by molar-refractivity contribution is 5.93. The largest absolute Gasteiger partial charge is 0.360 e. The van der Waals surface area contributed by atoms with Gasteiger partial charge in [-0.1, -0.05) is 30.4 Å². The van der Waals surface area contributed by atoms with Crippen molar-refractivity contribution in [3.63, 3.8) is 0 Å². The minimum absolute atomic E-state index is 0.0193. The molecule has 4 heterocycles. The van der Waals surface area contributed by atoms with Gasteiger partial charge in [0.15, 0.2) is 0 Å². The van der Waals surface area contributed by atoms with Crippen LogP contribution < -0.4 is 5.32 Å². The van der Waals surface area contributed by atoms with Crippen LogP contribution in [0.15, 0.2) is 55.1 Å². The molecule has 1 aromatic heterocycles. The van der Waals surface area contributed by atoms with Crippen molar-refractivity contribution in [3.8, 4) is 5.69 Å². The number of aromatic nitrogens is 2. The quantitative estimate of drug-likeness (QED) is 0.786. The molecule has 29 heavy (non-hydrogen) atoms. The second-order valence-corrected chi connectivity index (χ2v) is 8.28. The van der Waals surface area contributed by atoms with Crippen LogP contribution in [0.2, 0.25) is 0 Å². The van der Waals surface area contributed by atoms with E-state index in [1.54, 1.807) is 12.5 Å². The molecule has 1 N–H and O–H groups in total. The summed E-state index contributed by atoms with van der Waals surface area (Å²) in [5, 5.41) is 3.04. The van der Waals surface area contributed by atoms with Crippen molar-refractivity contribution in [1.82, 2.24) is 19.8 Å². The van der Waals surface area contributed by atoms with Gasteiger partial charge in [-0.05, 0) is 25.5 Å². The Balaban J connectivity index is 1.35. The van der Waals surface area contributed by atoms with Gasteiger partial charge in [0, 0.05) is 25.0 Å². The molecule has 3 aliphatic heterocycles. The summed E-state index contributed by atoms with van der Waals surface area (Å²) in [7, 11) is 0. The first kappa shape index (κ1) is 18.1. The molecule has 3 aliphatic rings. The van der Waals surface area contributed by atoms with E-state index in [0.717, 1.165) is 11.3 Å². The monoisotopic (exact) mass is 392 g/mol. The lowest BCUT2D eigenvalue weighted by atomic mass is 9.77. The maximum atomic E-state index is 13.2. The average molecular weight is 392 g/mol. The number of fused-ring (bicyclic) bond motifs is 1. The third kappa shape index (κ3) is 2.72. The van der Waals surface area contributed by atoms with Crippen LogP contribution in [0.3, 0.4) is 0 Å². The average Bonchev–Trinajstić information content (AvgIpc) is 3.48. The van der Waals surface area contributed by atoms with Crippen LogP contribution in [-0.2, 0) is 20.9 Å². The van der Waals surface area contributed by atoms with Crippen molar-refractivity contribution in [2.45, 2.75) is 38.1 Å². The molecule has 2 bridgehead atoms. The fraction of sp³-hybridized carbons (Fsp3) is 0.409. The molecule has 0 unspecified atom stereocenters. The van der Waals surface area contributed by atoms with Gasteiger partial charge in [-0.2, -0.15) is 0 Å². The van der Waals surface area contributed by atoms with E-state index in [9.17, 15) is 9.59 Å². The van der Waals surface area contributed by atoms with Gasteiger partial charge >= 0.3 is 0 Å². The second kappa shape index (κ2) is 6.56. The van der Waals surface area contributed by atoms with Gasteiger partial charge in [-0.15, -0.1) is 0 Å².